The van der Waals surface area contributed by atoms with E-state index in [2.05, 4.69) is 64.6 Å². The molecule has 0 amide bonds. The quantitative estimate of drug-likeness (QED) is 0.173. The fraction of sp³-hybridized carbons (Fsp3) is 0. The van der Waals surface area contributed by atoms with Gasteiger partial charge in [0.1, 0.15) is 0 Å². The van der Waals surface area contributed by atoms with E-state index in [1.54, 1.807) is 6.20 Å². The molecule has 157 valence electrons. The van der Waals surface area contributed by atoms with Crippen molar-refractivity contribution in [3.8, 4) is 33.6 Å². The number of hydrogen-bond donors (Lipinski definition) is 0. The second-order valence-corrected chi connectivity index (χ2v) is 7.42. The number of rotatable bonds is 3. The summed E-state index contributed by atoms with van der Waals surface area (Å²) in [4.78, 5) is 14.1. The summed E-state index contributed by atoms with van der Waals surface area (Å²) in [6.07, 6.45) is 3.63. The predicted octanol–water partition coefficient (Wildman–Crippen LogP) is 6.54. The molecule has 0 spiro atoms. The first kappa shape index (κ1) is 20.4. The third kappa shape index (κ3) is 3.47. The van der Waals surface area contributed by atoms with Gasteiger partial charge in [0.2, 0.25) is 0 Å². The van der Waals surface area contributed by atoms with Crippen LogP contribution in [0.4, 0.5) is 0 Å². The zero-order valence-electron chi connectivity index (χ0n) is 17.0. The van der Waals surface area contributed by atoms with Crippen LogP contribution in [0.3, 0.4) is 0 Å². The van der Waals surface area contributed by atoms with E-state index >= 15 is 0 Å². The van der Waals surface area contributed by atoms with Gasteiger partial charge < -0.3 is 4.98 Å². The normalized spacial score (nSPS) is 10.9. The van der Waals surface area contributed by atoms with E-state index in [-0.39, 0.29) is 22.4 Å². The fourth-order valence-corrected chi connectivity index (χ4v) is 4.12. The Kier molecular flexibility index (Phi) is 5.46. The SMILES string of the molecule is [Au].[c-]1c(-c2ccccn2)cccc1-c1cccc2c1[n-]c1c(-c3ccccn3)cccc12. The largest absolute Gasteiger partial charge is 0.662 e. The molecule has 0 saturated carbocycles. The minimum atomic E-state index is 0. The van der Waals surface area contributed by atoms with Gasteiger partial charge in [-0.15, -0.1) is 35.3 Å². The number of fused-ring (bicyclic) bond motifs is 3. The maximum Gasteiger partial charge on any atom is 0.0689 e. The molecule has 3 aromatic carbocycles. The average molecular weight is 592 g/mol. The summed E-state index contributed by atoms with van der Waals surface area (Å²) in [6, 6.07) is 34.3. The third-order valence-electron chi connectivity index (χ3n) is 5.55. The summed E-state index contributed by atoms with van der Waals surface area (Å²) in [5, 5.41) is 2.28. The van der Waals surface area contributed by atoms with Gasteiger partial charge in [-0.1, -0.05) is 65.7 Å². The number of nitrogens with zero attached hydrogens (tertiary/aromatic N) is 3. The van der Waals surface area contributed by atoms with Gasteiger partial charge in [0, 0.05) is 40.5 Å². The van der Waals surface area contributed by atoms with E-state index in [9.17, 15) is 0 Å². The van der Waals surface area contributed by atoms with Crippen molar-refractivity contribution in [3.05, 3.63) is 109 Å². The van der Waals surface area contributed by atoms with E-state index in [0.29, 0.717) is 0 Å². The average Bonchev–Trinajstić information content (AvgIpc) is 3.24. The minimum Gasteiger partial charge on any atom is -0.662 e. The first-order valence-electron chi connectivity index (χ1n) is 10.2. The van der Waals surface area contributed by atoms with E-state index in [0.717, 1.165) is 55.4 Å². The second-order valence-electron chi connectivity index (χ2n) is 7.42. The molecule has 0 aliphatic heterocycles. The van der Waals surface area contributed by atoms with Crippen molar-refractivity contribution in [2.45, 2.75) is 0 Å². The number of pyridine rings is 2. The van der Waals surface area contributed by atoms with Crippen LogP contribution in [-0.2, 0) is 22.4 Å². The van der Waals surface area contributed by atoms with Gasteiger partial charge in [-0.3, -0.25) is 9.97 Å². The van der Waals surface area contributed by atoms with E-state index in [4.69, 9.17) is 4.98 Å². The van der Waals surface area contributed by atoms with Gasteiger partial charge in [0.15, 0.2) is 0 Å². The molecule has 6 rings (SSSR count). The molecule has 6 aromatic rings. The van der Waals surface area contributed by atoms with Crippen LogP contribution in [0.5, 0.6) is 0 Å². The van der Waals surface area contributed by atoms with Crippen molar-refractivity contribution in [2.75, 3.05) is 0 Å². The van der Waals surface area contributed by atoms with E-state index in [1.807, 2.05) is 48.7 Å². The second kappa shape index (κ2) is 8.56. The van der Waals surface area contributed by atoms with E-state index in [1.165, 1.54) is 0 Å². The molecule has 0 N–H and O–H groups in total. The van der Waals surface area contributed by atoms with Crippen LogP contribution < -0.4 is 4.98 Å². The van der Waals surface area contributed by atoms with Crippen molar-refractivity contribution in [2.24, 2.45) is 0 Å². The molecule has 0 saturated heterocycles. The first-order chi connectivity index (χ1) is 15.4. The van der Waals surface area contributed by atoms with Gasteiger partial charge in [-0.05, 0) is 34.5 Å². The van der Waals surface area contributed by atoms with Gasteiger partial charge in [0.25, 0.3) is 0 Å². The monoisotopic (exact) mass is 592 g/mol. The third-order valence-corrected chi connectivity index (χ3v) is 5.55. The summed E-state index contributed by atoms with van der Waals surface area (Å²) < 4.78 is 0. The molecular formula is C28H17AuN3-2. The minimum absolute atomic E-state index is 0. The summed E-state index contributed by atoms with van der Waals surface area (Å²) in [6.45, 7) is 0. The van der Waals surface area contributed by atoms with E-state index < -0.39 is 0 Å². The Morgan fingerprint density at radius 3 is 1.81 bits per heavy atom. The zero-order valence-corrected chi connectivity index (χ0v) is 19.1. The summed E-state index contributed by atoms with van der Waals surface area (Å²) in [5.41, 5.74) is 7.90. The van der Waals surface area contributed by atoms with Crippen LogP contribution in [-0.4, -0.2) is 9.97 Å². The molecule has 1 radical (unpaired) electrons. The van der Waals surface area contributed by atoms with Crippen LogP contribution in [0, 0.1) is 6.07 Å². The Bertz CT molecular complexity index is 1520. The molecule has 3 nitrogen and oxygen atoms in total. The van der Waals surface area contributed by atoms with Crippen molar-refractivity contribution in [3.63, 3.8) is 0 Å². The van der Waals surface area contributed by atoms with Gasteiger partial charge in [0.05, 0.1) is 5.69 Å². The molecule has 0 atom stereocenters. The Balaban J connectivity index is 0.00000216. The molecule has 32 heavy (non-hydrogen) atoms. The first-order valence-corrected chi connectivity index (χ1v) is 10.2. The predicted molar refractivity (Wildman–Crippen MR) is 126 cm³/mol. The van der Waals surface area contributed by atoms with Crippen molar-refractivity contribution in [1.29, 1.82) is 0 Å². The van der Waals surface area contributed by atoms with Gasteiger partial charge in [-0.2, -0.15) is 5.52 Å². The molecular weight excluding hydrogens is 575 g/mol. The molecule has 0 aliphatic carbocycles. The van der Waals surface area contributed by atoms with Crippen molar-refractivity contribution in [1.82, 2.24) is 15.0 Å². The number of para-hydroxylation sites is 2. The van der Waals surface area contributed by atoms with Crippen LogP contribution in [0.15, 0.2) is 103 Å². The van der Waals surface area contributed by atoms with Crippen molar-refractivity contribution < 1.29 is 22.4 Å². The standard InChI is InChI=1S/C28H17N3.Au/c1-3-16-29-25(14-1)20-9-5-8-19(18-20)21-10-6-11-22-23-12-7-13-24(28(23)31-27(21)22)26-15-2-4-17-30-26;/h1-17H;/q-2;. The molecule has 0 bridgehead atoms. The number of aromatic nitrogens is 3. The smallest absolute Gasteiger partial charge is 0.0689 e. The van der Waals surface area contributed by atoms with Crippen molar-refractivity contribution >= 4 is 21.8 Å². The Morgan fingerprint density at radius 2 is 1.12 bits per heavy atom. The van der Waals surface area contributed by atoms with Gasteiger partial charge >= 0.3 is 0 Å². The number of hydrogen-bond acceptors (Lipinski definition) is 2. The van der Waals surface area contributed by atoms with Crippen LogP contribution in [0.2, 0.25) is 0 Å². The molecule has 4 heteroatoms. The molecule has 0 unspecified atom stereocenters. The number of benzene rings is 3. The summed E-state index contributed by atoms with van der Waals surface area (Å²) in [5.74, 6) is 0. The van der Waals surface area contributed by atoms with Gasteiger partial charge in [-0.25, -0.2) is 0 Å². The fourth-order valence-electron chi connectivity index (χ4n) is 4.12. The van der Waals surface area contributed by atoms with Crippen LogP contribution in [0.1, 0.15) is 0 Å². The maximum absolute atomic E-state index is 5.09. The zero-order chi connectivity index (χ0) is 20.6. The summed E-state index contributed by atoms with van der Waals surface area (Å²) >= 11 is 0. The Morgan fingerprint density at radius 1 is 0.531 bits per heavy atom. The molecule has 0 fully saturated rings. The Hall–Kier alpha value is -3.50. The maximum atomic E-state index is 5.09. The van der Waals surface area contributed by atoms with Crippen LogP contribution in [0.25, 0.3) is 55.4 Å². The molecule has 3 aromatic heterocycles. The Labute approximate surface area is 201 Å². The molecule has 0 aliphatic rings. The van der Waals surface area contributed by atoms with Crippen LogP contribution >= 0.6 is 0 Å². The topological polar surface area (TPSA) is 39.9 Å². The summed E-state index contributed by atoms with van der Waals surface area (Å²) in [7, 11) is 0. The molecule has 3 heterocycles.